The van der Waals surface area contributed by atoms with Gasteiger partial charge in [-0.2, -0.15) is 0 Å². The van der Waals surface area contributed by atoms with E-state index in [0.29, 0.717) is 4.31 Å². The van der Waals surface area contributed by atoms with E-state index in [2.05, 4.69) is 0 Å². The Hall–Kier alpha value is -2.91. The first-order valence-corrected chi connectivity index (χ1v) is 9.23. The number of benzene rings is 2. The zero-order valence-electron chi connectivity index (χ0n) is 14.2. The average molecular weight is 412 g/mol. The lowest BCUT2D eigenvalue weighted by Crippen LogP contribution is -2.35. The van der Waals surface area contributed by atoms with Crippen LogP contribution >= 0.6 is 11.6 Å². The third kappa shape index (κ3) is 4.44. The first kappa shape index (κ1) is 20.4. The van der Waals surface area contributed by atoms with Crippen LogP contribution in [0.15, 0.2) is 47.4 Å². The van der Waals surface area contributed by atoms with Crippen molar-refractivity contribution in [2.24, 2.45) is 0 Å². The Balaban J connectivity index is 2.52. The van der Waals surface area contributed by atoms with E-state index in [9.17, 15) is 22.8 Å². The number of anilines is 1. The molecule has 8 nitrogen and oxygen atoms in total. The number of nitrogens with zero attached hydrogens (tertiary/aromatic N) is 1. The summed E-state index contributed by atoms with van der Waals surface area (Å²) in [5.74, 6) is -2.60. The topological polar surface area (TPSA) is 118 Å². The number of carboxylic acid groups (broad SMARTS) is 1. The number of hydrogen-bond acceptors (Lipinski definition) is 6. The molecule has 27 heavy (non-hydrogen) atoms. The summed E-state index contributed by atoms with van der Waals surface area (Å²) in [5.41, 5.74) is -0.420. The first-order valence-electron chi connectivity index (χ1n) is 7.41. The van der Waals surface area contributed by atoms with Gasteiger partial charge in [0.2, 0.25) is 5.91 Å². The lowest BCUT2D eigenvalue weighted by molar-refractivity contribution is -0.131. The van der Waals surface area contributed by atoms with Gasteiger partial charge in [0, 0.05) is 13.8 Å². The van der Waals surface area contributed by atoms with Crippen molar-refractivity contribution < 1.29 is 32.6 Å². The standard InChI is InChI=1S/C17H14ClNO7S/c1-10(20)19(12-3-5-13(6-4-12)26-11(2)21)27(24,25)14-7-8-16(18)15(9-14)17(22)23/h3-9H,1-2H3,(H,22,23). The first-order chi connectivity index (χ1) is 12.5. The molecule has 2 aromatic carbocycles. The number of carbonyl (C=O) groups is 3. The van der Waals surface area contributed by atoms with Gasteiger partial charge in [-0.3, -0.25) is 9.59 Å². The molecule has 0 atom stereocenters. The summed E-state index contributed by atoms with van der Waals surface area (Å²) < 4.78 is 31.2. The second-order valence-corrected chi connectivity index (χ2v) is 7.52. The Kier molecular flexibility index (Phi) is 5.87. The van der Waals surface area contributed by atoms with E-state index in [0.717, 1.165) is 25.1 Å². The van der Waals surface area contributed by atoms with Crippen molar-refractivity contribution in [3.63, 3.8) is 0 Å². The summed E-state index contributed by atoms with van der Waals surface area (Å²) in [6.07, 6.45) is 0. The second-order valence-electron chi connectivity index (χ2n) is 5.32. The Labute approximate surface area is 160 Å². The molecule has 0 radical (unpaired) electrons. The van der Waals surface area contributed by atoms with Crippen molar-refractivity contribution in [1.82, 2.24) is 0 Å². The number of aromatic carboxylic acids is 1. The molecule has 0 saturated heterocycles. The smallest absolute Gasteiger partial charge is 0.337 e. The quantitative estimate of drug-likeness (QED) is 0.593. The van der Waals surface area contributed by atoms with Crippen LogP contribution in [0.3, 0.4) is 0 Å². The molecular formula is C17H14ClNO7S. The maximum absolute atomic E-state index is 12.9. The van der Waals surface area contributed by atoms with Crippen LogP contribution in [-0.4, -0.2) is 31.4 Å². The number of sulfonamides is 1. The highest BCUT2D eigenvalue weighted by Gasteiger charge is 2.30. The summed E-state index contributed by atoms with van der Waals surface area (Å²) in [4.78, 5) is 33.8. The summed E-state index contributed by atoms with van der Waals surface area (Å²) in [7, 11) is -4.41. The lowest BCUT2D eigenvalue weighted by Gasteiger charge is -2.21. The normalized spacial score (nSPS) is 10.9. The highest BCUT2D eigenvalue weighted by atomic mass is 35.5. The van der Waals surface area contributed by atoms with Crippen molar-refractivity contribution in [3.8, 4) is 5.75 Å². The predicted octanol–water partition coefficient (Wildman–Crippen LogP) is 2.71. The number of halogens is 1. The van der Waals surface area contributed by atoms with Crippen LogP contribution in [0.25, 0.3) is 0 Å². The molecule has 10 heteroatoms. The molecular weight excluding hydrogens is 398 g/mol. The van der Waals surface area contributed by atoms with Gasteiger partial charge < -0.3 is 9.84 Å². The van der Waals surface area contributed by atoms with E-state index in [-0.39, 0.29) is 16.5 Å². The molecule has 0 aliphatic rings. The van der Waals surface area contributed by atoms with Crippen LogP contribution in [0.1, 0.15) is 24.2 Å². The predicted molar refractivity (Wildman–Crippen MR) is 96.5 cm³/mol. The third-order valence-electron chi connectivity index (χ3n) is 3.33. The molecule has 0 aliphatic heterocycles. The fraction of sp³-hybridized carbons (Fsp3) is 0.118. The zero-order valence-corrected chi connectivity index (χ0v) is 15.7. The van der Waals surface area contributed by atoms with Gasteiger partial charge in [-0.05, 0) is 42.5 Å². The molecule has 1 amide bonds. The molecule has 2 aromatic rings. The van der Waals surface area contributed by atoms with Crippen LogP contribution < -0.4 is 9.04 Å². The monoisotopic (exact) mass is 411 g/mol. The van der Waals surface area contributed by atoms with Gasteiger partial charge in [0.05, 0.1) is 21.2 Å². The highest BCUT2D eigenvalue weighted by Crippen LogP contribution is 2.28. The highest BCUT2D eigenvalue weighted by molar-refractivity contribution is 7.93. The molecule has 0 saturated carbocycles. The molecule has 0 aliphatic carbocycles. The van der Waals surface area contributed by atoms with Crippen molar-refractivity contribution in [3.05, 3.63) is 53.1 Å². The number of ether oxygens (including phenoxy) is 1. The number of rotatable bonds is 5. The van der Waals surface area contributed by atoms with Crippen molar-refractivity contribution in [2.45, 2.75) is 18.7 Å². The van der Waals surface area contributed by atoms with Gasteiger partial charge in [-0.1, -0.05) is 11.6 Å². The lowest BCUT2D eigenvalue weighted by atomic mass is 10.2. The molecule has 0 spiro atoms. The van der Waals surface area contributed by atoms with E-state index in [1.165, 1.54) is 31.2 Å². The minimum atomic E-state index is -4.41. The average Bonchev–Trinajstić information content (AvgIpc) is 2.55. The van der Waals surface area contributed by atoms with Gasteiger partial charge in [0.1, 0.15) is 5.75 Å². The number of amides is 1. The summed E-state index contributed by atoms with van der Waals surface area (Å²) in [6.45, 7) is 2.26. The Morgan fingerprint density at radius 2 is 1.63 bits per heavy atom. The zero-order chi connectivity index (χ0) is 20.4. The van der Waals surface area contributed by atoms with Crippen molar-refractivity contribution >= 4 is 45.2 Å². The van der Waals surface area contributed by atoms with Gasteiger partial charge in [-0.15, -0.1) is 0 Å². The SMILES string of the molecule is CC(=O)Oc1ccc(N(C(C)=O)S(=O)(=O)c2ccc(Cl)c(C(=O)O)c2)cc1. The van der Waals surface area contributed by atoms with Crippen molar-refractivity contribution in [1.29, 1.82) is 0 Å². The molecule has 0 aromatic heterocycles. The second kappa shape index (κ2) is 7.77. The Bertz CT molecular complexity index is 1020. The maximum Gasteiger partial charge on any atom is 0.337 e. The largest absolute Gasteiger partial charge is 0.478 e. The Morgan fingerprint density at radius 3 is 2.11 bits per heavy atom. The van der Waals surface area contributed by atoms with Gasteiger partial charge >= 0.3 is 11.9 Å². The minimum Gasteiger partial charge on any atom is -0.478 e. The number of carbonyl (C=O) groups excluding carboxylic acids is 2. The van der Waals surface area contributed by atoms with Crippen LogP contribution in [0.5, 0.6) is 5.75 Å². The van der Waals surface area contributed by atoms with E-state index in [1.54, 1.807) is 0 Å². The number of esters is 1. The molecule has 1 N–H and O–H groups in total. The molecule has 142 valence electrons. The number of carboxylic acids is 1. The molecule has 2 rings (SSSR count). The fourth-order valence-corrected chi connectivity index (χ4v) is 3.89. The van der Waals surface area contributed by atoms with Crippen LogP contribution in [0.2, 0.25) is 5.02 Å². The van der Waals surface area contributed by atoms with E-state index in [4.69, 9.17) is 21.4 Å². The maximum atomic E-state index is 12.9. The van der Waals surface area contributed by atoms with E-state index in [1.807, 2.05) is 0 Å². The molecule has 0 unspecified atom stereocenters. The van der Waals surface area contributed by atoms with Gasteiger partial charge in [-0.25, -0.2) is 17.5 Å². The van der Waals surface area contributed by atoms with E-state index < -0.39 is 38.3 Å². The molecule has 0 heterocycles. The minimum absolute atomic E-state index is 0.00905. The Morgan fingerprint density at radius 1 is 1.04 bits per heavy atom. The van der Waals surface area contributed by atoms with Crippen LogP contribution in [0.4, 0.5) is 5.69 Å². The third-order valence-corrected chi connectivity index (χ3v) is 5.45. The summed E-state index contributed by atoms with van der Waals surface area (Å²) in [5, 5.41) is 8.98. The molecule has 0 bridgehead atoms. The summed E-state index contributed by atoms with van der Waals surface area (Å²) in [6, 6.07) is 8.33. The van der Waals surface area contributed by atoms with Crippen molar-refractivity contribution in [2.75, 3.05) is 4.31 Å². The summed E-state index contributed by atoms with van der Waals surface area (Å²) >= 11 is 5.76. The van der Waals surface area contributed by atoms with E-state index >= 15 is 0 Å². The van der Waals surface area contributed by atoms with Crippen LogP contribution in [-0.2, 0) is 19.6 Å². The van der Waals surface area contributed by atoms with Crippen LogP contribution in [0, 0.1) is 0 Å². The fourth-order valence-electron chi connectivity index (χ4n) is 2.24. The van der Waals surface area contributed by atoms with Gasteiger partial charge in [0.25, 0.3) is 10.0 Å². The number of hydrogen-bond donors (Lipinski definition) is 1. The van der Waals surface area contributed by atoms with Gasteiger partial charge in [0.15, 0.2) is 0 Å². The molecule has 0 fully saturated rings.